The highest BCUT2D eigenvalue weighted by atomic mass is 16.5. The fourth-order valence-corrected chi connectivity index (χ4v) is 2.34. The largest absolute Gasteiger partial charge is 0.496 e. The van der Waals surface area contributed by atoms with Crippen molar-refractivity contribution in [1.82, 2.24) is 14.9 Å². The number of aryl methyl sites for hydroxylation is 1. The molecule has 2 rings (SSSR count). The molecule has 2 aromatic rings. The van der Waals surface area contributed by atoms with E-state index in [1.807, 2.05) is 20.2 Å². The first-order chi connectivity index (χ1) is 9.17. The second-order valence-corrected chi connectivity index (χ2v) is 4.70. The van der Waals surface area contributed by atoms with Crippen LogP contribution in [0.25, 0.3) is 0 Å². The second kappa shape index (κ2) is 5.89. The summed E-state index contributed by atoms with van der Waals surface area (Å²) < 4.78 is 7.66. The van der Waals surface area contributed by atoms with Gasteiger partial charge in [-0.15, -0.1) is 0 Å². The molecule has 0 radical (unpaired) electrons. The quantitative estimate of drug-likeness (QED) is 0.895. The van der Waals surface area contributed by atoms with E-state index in [-0.39, 0.29) is 0 Å². The summed E-state index contributed by atoms with van der Waals surface area (Å²) in [4.78, 5) is 4.54. The van der Waals surface area contributed by atoms with Crippen molar-refractivity contribution in [3.05, 3.63) is 47.0 Å². The van der Waals surface area contributed by atoms with Crippen LogP contribution < -0.4 is 10.1 Å². The van der Waals surface area contributed by atoms with Gasteiger partial charge in [0.05, 0.1) is 19.3 Å². The van der Waals surface area contributed by atoms with E-state index >= 15 is 0 Å². The number of pyridine rings is 1. The molecule has 0 aliphatic heterocycles. The molecule has 1 N–H and O–H groups in total. The molecular weight excluding hydrogens is 238 g/mol. The monoisotopic (exact) mass is 259 g/mol. The Morgan fingerprint density at radius 2 is 2.16 bits per heavy atom. The van der Waals surface area contributed by atoms with Crippen molar-refractivity contribution in [3.8, 4) is 5.75 Å². The summed E-state index contributed by atoms with van der Waals surface area (Å²) in [6, 6.07) is 4.19. The zero-order valence-electron chi connectivity index (χ0n) is 12.0. The lowest BCUT2D eigenvalue weighted by Gasteiger charge is -2.14. The van der Waals surface area contributed by atoms with Crippen molar-refractivity contribution in [2.75, 3.05) is 14.2 Å². The molecular formula is C15H21N3O. The van der Waals surface area contributed by atoms with Gasteiger partial charge in [0.25, 0.3) is 0 Å². The average molecular weight is 259 g/mol. The molecule has 0 saturated heterocycles. The predicted molar refractivity (Wildman–Crippen MR) is 76.6 cm³/mol. The van der Waals surface area contributed by atoms with Gasteiger partial charge in [0.2, 0.25) is 0 Å². The van der Waals surface area contributed by atoms with Gasteiger partial charge >= 0.3 is 0 Å². The van der Waals surface area contributed by atoms with E-state index in [0.717, 1.165) is 35.7 Å². The van der Waals surface area contributed by atoms with Crippen molar-refractivity contribution >= 4 is 0 Å². The number of hydrogen-bond acceptors (Lipinski definition) is 3. The van der Waals surface area contributed by atoms with Crippen molar-refractivity contribution in [2.45, 2.75) is 26.9 Å². The van der Waals surface area contributed by atoms with Gasteiger partial charge in [0.15, 0.2) is 0 Å². The highest BCUT2D eigenvalue weighted by Crippen LogP contribution is 2.24. The van der Waals surface area contributed by atoms with E-state index in [9.17, 15) is 0 Å². The molecule has 0 bridgehead atoms. The third-order valence-corrected chi connectivity index (χ3v) is 3.35. The summed E-state index contributed by atoms with van der Waals surface area (Å²) in [5.41, 5.74) is 4.50. The van der Waals surface area contributed by atoms with Crippen LogP contribution in [-0.2, 0) is 13.1 Å². The second-order valence-electron chi connectivity index (χ2n) is 4.70. The predicted octanol–water partition coefficient (Wildman–Crippen LogP) is 2.28. The first-order valence-electron chi connectivity index (χ1n) is 6.45. The van der Waals surface area contributed by atoms with E-state index in [0.29, 0.717) is 0 Å². The van der Waals surface area contributed by atoms with Crippen LogP contribution in [0, 0.1) is 13.8 Å². The molecule has 0 atom stereocenters. The number of rotatable bonds is 5. The summed E-state index contributed by atoms with van der Waals surface area (Å²) in [5.74, 6) is 0.937. The molecule has 4 heteroatoms. The number of aromatic nitrogens is 2. The van der Waals surface area contributed by atoms with Gasteiger partial charge in [0.1, 0.15) is 5.75 Å². The molecule has 0 fully saturated rings. The van der Waals surface area contributed by atoms with Crippen LogP contribution in [0.15, 0.2) is 24.5 Å². The third kappa shape index (κ3) is 2.79. The number of hydrogen-bond donors (Lipinski definition) is 1. The van der Waals surface area contributed by atoms with E-state index in [4.69, 9.17) is 4.74 Å². The lowest BCUT2D eigenvalue weighted by atomic mass is 10.1. The van der Waals surface area contributed by atoms with Gasteiger partial charge in [-0.05, 0) is 33.0 Å². The van der Waals surface area contributed by atoms with Crippen LogP contribution in [0.4, 0.5) is 0 Å². The van der Waals surface area contributed by atoms with Gasteiger partial charge in [-0.25, -0.2) is 0 Å². The van der Waals surface area contributed by atoms with E-state index in [1.165, 1.54) is 5.69 Å². The average Bonchev–Trinajstić information content (AvgIpc) is 2.81. The Morgan fingerprint density at radius 1 is 1.37 bits per heavy atom. The van der Waals surface area contributed by atoms with Crippen LogP contribution in [0.5, 0.6) is 5.75 Å². The lowest BCUT2D eigenvalue weighted by Crippen LogP contribution is -2.13. The third-order valence-electron chi connectivity index (χ3n) is 3.35. The standard InChI is InChI=1S/C15H21N3O/c1-11-8-17-14(12(2)15(11)19-4)10-18-7-5-6-13(18)9-16-3/h5-8,16H,9-10H2,1-4H3. The Morgan fingerprint density at radius 3 is 2.84 bits per heavy atom. The Bertz CT molecular complexity index is 561. The lowest BCUT2D eigenvalue weighted by molar-refractivity contribution is 0.406. The minimum atomic E-state index is 0.770. The van der Waals surface area contributed by atoms with Crippen molar-refractivity contribution in [2.24, 2.45) is 0 Å². The molecule has 0 amide bonds. The van der Waals surface area contributed by atoms with Crippen LogP contribution in [0.3, 0.4) is 0 Å². The zero-order chi connectivity index (χ0) is 13.8. The number of methoxy groups -OCH3 is 1. The molecule has 0 aliphatic rings. The maximum absolute atomic E-state index is 5.45. The topological polar surface area (TPSA) is 39.1 Å². The molecule has 4 nitrogen and oxygen atoms in total. The SMILES string of the molecule is CNCc1cccn1Cc1ncc(C)c(OC)c1C. The number of ether oxygens (including phenoxy) is 1. The Balaban J connectivity index is 2.31. The molecule has 0 unspecified atom stereocenters. The summed E-state index contributed by atoms with van der Waals surface area (Å²) in [6.07, 6.45) is 3.96. The van der Waals surface area contributed by atoms with Crippen LogP contribution >= 0.6 is 0 Å². The van der Waals surface area contributed by atoms with Gasteiger partial charge in [-0.3, -0.25) is 4.98 Å². The summed E-state index contributed by atoms with van der Waals surface area (Å²) in [6.45, 7) is 5.71. The van der Waals surface area contributed by atoms with Gasteiger partial charge in [-0.1, -0.05) is 0 Å². The molecule has 2 heterocycles. The summed E-state index contributed by atoms with van der Waals surface area (Å²) >= 11 is 0. The minimum Gasteiger partial charge on any atom is -0.496 e. The fraction of sp³-hybridized carbons (Fsp3) is 0.400. The Kier molecular flexibility index (Phi) is 4.22. The van der Waals surface area contributed by atoms with Crippen molar-refractivity contribution < 1.29 is 4.74 Å². The molecule has 0 spiro atoms. The maximum atomic E-state index is 5.45. The molecule has 0 saturated carbocycles. The van der Waals surface area contributed by atoms with E-state index in [1.54, 1.807) is 7.11 Å². The molecule has 102 valence electrons. The number of nitrogens with one attached hydrogen (secondary N) is 1. The molecule has 0 aromatic carbocycles. The van der Waals surface area contributed by atoms with E-state index < -0.39 is 0 Å². The first kappa shape index (κ1) is 13.6. The fourth-order valence-electron chi connectivity index (χ4n) is 2.34. The van der Waals surface area contributed by atoms with Crippen LogP contribution in [0.1, 0.15) is 22.5 Å². The molecule has 19 heavy (non-hydrogen) atoms. The Labute approximate surface area is 114 Å². The summed E-state index contributed by atoms with van der Waals surface area (Å²) in [7, 11) is 3.66. The van der Waals surface area contributed by atoms with E-state index in [2.05, 4.69) is 40.1 Å². The summed E-state index contributed by atoms with van der Waals surface area (Å²) in [5, 5.41) is 3.18. The normalized spacial score (nSPS) is 10.7. The van der Waals surface area contributed by atoms with Gasteiger partial charge in [0, 0.05) is 35.8 Å². The highest BCUT2D eigenvalue weighted by molar-refractivity contribution is 5.41. The number of nitrogens with zero attached hydrogens (tertiary/aromatic N) is 2. The van der Waals surface area contributed by atoms with Crippen molar-refractivity contribution in [1.29, 1.82) is 0 Å². The minimum absolute atomic E-state index is 0.770. The van der Waals surface area contributed by atoms with Gasteiger partial charge < -0.3 is 14.6 Å². The van der Waals surface area contributed by atoms with Crippen molar-refractivity contribution in [3.63, 3.8) is 0 Å². The zero-order valence-corrected chi connectivity index (χ0v) is 12.0. The van der Waals surface area contributed by atoms with Crippen LogP contribution in [-0.4, -0.2) is 23.7 Å². The molecule has 2 aromatic heterocycles. The van der Waals surface area contributed by atoms with Gasteiger partial charge in [-0.2, -0.15) is 0 Å². The smallest absolute Gasteiger partial charge is 0.128 e. The molecule has 0 aliphatic carbocycles. The first-order valence-corrected chi connectivity index (χ1v) is 6.45. The van der Waals surface area contributed by atoms with Crippen LogP contribution in [0.2, 0.25) is 0 Å². The maximum Gasteiger partial charge on any atom is 0.128 e. The highest BCUT2D eigenvalue weighted by Gasteiger charge is 2.10. The Hall–Kier alpha value is -1.81.